The first kappa shape index (κ1) is 26.9. The summed E-state index contributed by atoms with van der Waals surface area (Å²) in [6.45, 7) is 27.5. The predicted octanol–water partition coefficient (Wildman–Crippen LogP) is 11.1. The quantitative estimate of drug-likeness (QED) is 0.329. The molecule has 1 aliphatic carbocycles. The highest BCUT2D eigenvalue weighted by molar-refractivity contribution is 7.38. The molecule has 0 saturated heterocycles. The van der Waals surface area contributed by atoms with Crippen LogP contribution < -0.4 is 0 Å². The molecule has 0 fully saturated rings. The van der Waals surface area contributed by atoms with Gasteiger partial charge in [0.1, 0.15) is 11.2 Å². The molecule has 2 aromatic carbocycles. The van der Waals surface area contributed by atoms with Crippen LogP contribution in [-0.4, -0.2) is 0 Å². The van der Waals surface area contributed by atoms with Crippen molar-refractivity contribution in [3.63, 3.8) is 0 Å². The molecule has 36 heavy (non-hydrogen) atoms. The Labute approximate surface area is 219 Å². The lowest BCUT2D eigenvalue weighted by Crippen LogP contribution is -2.17. The van der Waals surface area contributed by atoms with Gasteiger partial charge in [-0.1, -0.05) is 120 Å². The van der Waals surface area contributed by atoms with Crippen molar-refractivity contribution in [2.24, 2.45) is 0 Å². The summed E-state index contributed by atoms with van der Waals surface area (Å²) in [7, 11) is -1.25. The predicted molar refractivity (Wildman–Crippen MR) is 158 cm³/mol. The average Bonchev–Trinajstić information content (AvgIpc) is 3.19. The van der Waals surface area contributed by atoms with Crippen LogP contribution in [-0.2, 0) is 21.7 Å². The smallest absolute Gasteiger partial charge is 0.228 e. The first-order chi connectivity index (χ1) is 16.4. The van der Waals surface area contributed by atoms with Gasteiger partial charge in [0.2, 0.25) is 8.01 Å². The molecule has 0 unspecified atom stereocenters. The van der Waals surface area contributed by atoms with Gasteiger partial charge in [-0.2, -0.15) is 0 Å². The summed E-state index contributed by atoms with van der Waals surface area (Å²) in [5, 5.41) is 2.32. The van der Waals surface area contributed by atoms with Crippen LogP contribution in [0.3, 0.4) is 0 Å². The standard InChI is InChI=1S/C33H45O2P/c1-30(2,3)21-17-24-25-18-22(31(4,5)6)20-27(33(10,11)12)29(25)35-36(23-15-13-14-16-23)34-28(24)26(19-21)32(7,8)9/h13-20,23H,1-12H3. The molecule has 1 heterocycles. The molecule has 1 aliphatic rings. The summed E-state index contributed by atoms with van der Waals surface area (Å²) in [6, 6.07) is 9.47. The normalized spacial score (nSPS) is 15.4. The molecule has 1 aromatic heterocycles. The molecule has 0 atom stereocenters. The lowest BCUT2D eigenvalue weighted by Gasteiger charge is -2.27. The van der Waals surface area contributed by atoms with Gasteiger partial charge >= 0.3 is 0 Å². The van der Waals surface area contributed by atoms with E-state index in [1.807, 2.05) is 0 Å². The topological polar surface area (TPSA) is 26.3 Å². The number of hydrogen-bond donors (Lipinski definition) is 0. The Morgan fingerprint density at radius 2 is 0.889 bits per heavy atom. The second kappa shape index (κ2) is 8.70. The summed E-state index contributed by atoms with van der Waals surface area (Å²) >= 11 is 0. The number of rotatable bonds is 1. The third-order valence-electron chi connectivity index (χ3n) is 7.15. The average molecular weight is 505 g/mol. The molecular formula is C33H45O2P. The Hall–Kier alpha value is -2.18. The van der Waals surface area contributed by atoms with Gasteiger partial charge in [-0.3, -0.25) is 0 Å². The van der Waals surface area contributed by atoms with Crippen molar-refractivity contribution in [2.45, 2.75) is 110 Å². The van der Waals surface area contributed by atoms with Gasteiger partial charge in [0.15, 0.2) is 0 Å². The summed E-state index contributed by atoms with van der Waals surface area (Å²) in [4.78, 5) is 0. The molecule has 2 nitrogen and oxygen atoms in total. The van der Waals surface area contributed by atoms with E-state index in [0.717, 1.165) is 21.9 Å². The van der Waals surface area contributed by atoms with E-state index in [2.05, 4.69) is 132 Å². The Morgan fingerprint density at radius 1 is 0.528 bits per heavy atom. The van der Waals surface area contributed by atoms with Crippen LogP contribution >= 0.6 is 8.01 Å². The fourth-order valence-electron chi connectivity index (χ4n) is 4.72. The molecular weight excluding hydrogens is 459 g/mol. The third kappa shape index (κ3) is 5.12. The zero-order valence-corrected chi connectivity index (χ0v) is 25.4. The molecule has 3 heteroatoms. The molecule has 0 bridgehead atoms. The van der Waals surface area contributed by atoms with E-state index >= 15 is 0 Å². The van der Waals surface area contributed by atoms with Crippen LogP contribution in [0.4, 0.5) is 0 Å². The lowest BCUT2D eigenvalue weighted by atomic mass is 9.77. The van der Waals surface area contributed by atoms with Gasteiger partial charge in [0.25, 0.3) is 0 Å². The maximum Gasteiger partial charge on any atom is 0.228 e. The first-order valence-corrected chi connectivity index (χ1v) is 14.5. The highest BCUT2D eigenvalue weighted by atomic mass is 31.1. The van der Waals surface area contributed by atoms with E-state index in [4.69, 9.17) is 8.39 Å². The maximum atomic E-state index is 6.98. The van der Waals surface area contributed by atoms with Crippen molar-refractivity contribution in [1.82, 2.24) is 0 Å². The molecule has 194 valence electrons. The highest BCUT2D eigenvalue weighted by Crippen LogP contribution is 2.50. The van der Waals surface area contributed by atoms with Gasteiger partial charge in [-0.15, -0.1) is 0 Å². The summed E-state index contributed by atoms with van der Waals surface area (Å²) in [5.74, 6) is 0. The van der Waals surface area contributed by atoms with Gasteiger partial charge in [-0.25, -0.2) is 0 Å². The maximum absolute atomic E-state index is 6.98. The van der Waals surface area contributed by atoms with Crippen molar-refractivity contribution >= 4 is 30.0 Å². The highest BCUT2D eigenvalue weighted by Gasteiger charge is 2.29. The van der Waals surface area contributed by atoms with Crippen LogP contribution in [0.2, 0.25) is 0 Å². The number of fused-ring (bicyclic) bond motifs is 3. The van der Waals surface area contributed by atoms with Crippen molar-refractivity contribution in [3.05, 3.63) is 70.8 Å². The molecule has 0 saturated carbocycles. The van der Waals surface area contributed by atoms with E-state index in [1.54, 1.807) is 0 Å². The second-order valence-electron chi connectivity index (χ2n) is 14.5. The number of benzene rings is 2. The van der Waals surface area contributed by atoms with Crippen molar-refractivity contribution in [2.75, 3.05) is 0 Å². The van der Waals surface area contributed by atoms with Crippen LogP contribution in [0.15, 0.2) is 57.0 Å². The van der Waals surface area contributed by atoms with Crippen molar-refractivity contribution in [3.8, 4) is 0 Å². The Morgan fingerprint density at radius 3 is 1.19 bits per heavy atom. The Bertz CT molecular complexity index is 1300. The van der Waals surface area contributed by atoms with Crippen LogP contribution in [0.5, 0.6) is 0 Å². The first-order valence-electron chi connectivity index (χ1n) is 13.3. The van der Waals surface area contributed by atoms with Gasteiger partial charge < -0.3 is 8.39 Å². The van der Waals surface area contributed by atoms with Crippen molar-refractivity contribution < 1.29 is 8.39 Å². The lowest BCUT2D eigenvalue weighted by molar-refractivity contribution is 0.555. The molecule has 0 N–H and O–H groups in total. The molecule has 3 aromatic rings. The summed E-state index contributed by atoms with van der Waals surface area (Å²) in [5.41, 5.74) is 7.12. The van der Waals surface area contributed by atoms with Crippen LogP contribution in [0, 0.1) is 0 Å². The summed E-state index contributed by atoms with van der Waals surface area (Å²) in [6.07, 6.45) is 8.62. The van der Waals surface area contributed by atoms with E-state index in [0.29, 0.717) is 0 Å². The number of hydrogen-bond acceptors (Lipinski definition) is 2. The molecule has 0 amide bonds. The zero-order valence-electron chi connectivity index (χ0n) is 24.5. The number of allylic oxidation sites excluding steroid dienone is 4. The van der Waals surface area contributed by atoms with E-state index in [1.165, 1.54) is 22.3 Å². The van der Waals surface area contributed by atoms with Gasteiger partial charge in [0.05, 0.1) is 5.66 Å². The molecule has 0 aliphatic heterocycles. The largest absolute Gasteiger partial charge is 0.418 e. The monoisotopic (exact) mass is 504 g/mol. The fourth-order valence-corrected chi connectivity index (χ4v) is 6.23. The van der Waals surface area contributed by atoms with Gasteiger partial charge in [-0.05, 0) is 44.9 Å². The minimum atomic E-state index is -1.25. The SMILES string of the molecule is CC(C)(C)c1cc(C(C)(C)C)c2op(C3C=CC=C3)oc3c(C(C)(C)C)cc(C(C)(C)C)cc3c2c1. The van der Waals surface area contributed by atoms with E-state index in [9.17, 15) is 0 Å². The minimum Gasteiger partial charge on any atom is -0.418 e. The fraction of sp³-hybridized carbons (Fsp3) is 0.515. The Balaban J connectivity index is 2.36. The summed E-state index contributed by atoms with van der Waals surface area (Å²) < 4.78 is 14.0. The third-order valence-corrected chi connectivity index (χ3v) is 8.71. The molecule has 4 rings (SSSR count). The zero-order chi connectivity index (χ0) is 26.8. The van der Waals surface area contributed by atoms with Gasteiger partial charge in [0, 0.05) is 21.9 Å². The van der Waals surface area contributed by atoms with E-state index < -0.39 is 8.01 Å². The second-order valence-corrected chi connectivity index (χ2v) is 16.1. The minimum absolute atomic E-state index is 0.0124. The molecule has 0 radical (unpaired) electrons. The van der Waals surface area contributed by atoms with E-state index in [-0.39, 0.29) is 27.3 Å². The van der Waals surface area contributed by atoms with Crippen LogP contribution in [0.1, 0.15) is 111 Å². The van der Waals surface area contributed by atoms with Crippen molar-refractivity contribution in [1.29, 1.82) is 0 Å². The Kier molecular flexibility index (Phi) is 6.49. The van der Waals surface area contributed by atoms with Crippen LogP contribution in [0.25, 0.3) is 21.9 Å². The molecule has 0 spiro atoms.